The normalized spacial score (nSPS) is 12.9. The summed E-state index contributed by atoms with van der Waals surface area (Å²) in [7, 11) is 0. The SMILES string of the molecule is O=C(Nc1cccc(Oc2ccccn2)c1)c1ccnc2c1CNCC2. The third-order valence-corrected chi connectivity index (χ3v) is 4.18. The van der Waals surface area contributed by atoms with E-state index >= 15 is 0 Å². The van der Waals surface area contributed by atoms with Gasteiger partial charge in [-0.3, -0.25) is 9.78 Å². The maximum absolute atomic E-state index is 12.7. The number of hydrogen-bond donors (Lipinski definition) is 2. The number of pyridine rings is 2. The molecule has 2 N–H and O–H groups in total. The van der Waals surface area contributed by atoms with Crippen molar-refractivity contribution < 1.29 is 9.53 Å². The van der Waals surface area contributed by atoms with Crippen LogP contribution in [0.5, 0.6) is 11.6 Å². The molecular weight excluding hydrogens is 328 g/mol. The number of anilines is 1. The number of ether oxygens (including phenoxy) is 1. The van der Waals surface area contributed by atoms with Crippen molar-refractivity contribution in [3.63, 3.8) is 0 Å². The van der Waals surface area contributed by atoms with Crippen LogP contribution in [0.2, 0.25) is 0 Å². The number of nitrogens with one attached hydrogen (secondary N) is 2. The van der Waals surface area contributed by atoms with Gasteiger partial charge in [0.2, 0.25) is 5.88 Å². The van der Waals surface area contributed by atoms with Crippen LogP contribution in [0.3, 0.4) is 0 Å². The molecule has 0 unspecified atom stereocenters. The molecule has 0 aliphatic carbocycles. The standard InChI is InChI=1S/C20H18N4O2/c25-20(16-7-11-22-18-8-10-21-13-17(16)18)24-14-4-3-5-15(12-14)26-19-6-1-2-9-23-19/h1-7,9,11-12,21H,8,10,13H2,(H,24,25). The molecule has 2 aromatic heterocycles. The van der Waals surface area contributed by atoms with Gasteiger partial charge in [-0.05, 0) is 24.3 Å². The van der Waals surface area contributed by atoms with Crippen molar-refractivity contribution in [3.05, 3.63) is 77.7 Å². The predicted molar refractivity (Wildman–Crippen MR) is 98.4 cm³/mol. The lowest BCUT2D eigenvalue weighted by atomic mass is 10.0. The Morgan fingerprint density at radius 1 is 1.08 bits per heavy atom. The molecule has 3 heterocycles. The highest BCUT2D eigenvalue weighted by Crippen LogP contribution is 2.23. The highest BCUT2D eigenvalue weighted by atomic mass is 16.5. The smallest absolute Gasteiger partial charge is 0.256 e. The van der Waals surface area contributed by atoms with E-state index in [-0.39, 0.29) is 5.91 Å². The van der Waals surface area contributed by atoms with E-state index in [1.54, 1.807) is 30.6 Å². The molecule has 4 rings (SSSR count). The monoisotopic (exact) mass is 346 g/mol. The van der Waals surface area contributed by atoms with Crippen molar-refractivity contribution in [1.82, 2.24) is 15.3 Å². The Morgan fingerprint density at radius 2 is 2.04 bits per heavy atom. The second-order valence-electron chi connectivity index (χ2n) is 5.96. The van der Waals surface area contributed by atoms with Gasteiger partial charge in [0.25, 0.3) is 5.91 Å². The van der Waals surface area contributed by atoms with Gasteiger partial charge in [0.05, 0.1) is 0 Å². The fraction of sp³-hybridized carbons (Fsp3) is 0.150. The van der Waals surface area contributed by atoms with Gasteiger partial charge >= 0.3 is 0 Å². The molecule has 6 nitrogen and oxygen atoms in total. The molecule has 0 spiro atoms. The molecule has 0 saturated carbocycles. The highest BCUT2D eigenvalue weighted by molar-refractivity contribution is 6.05. The third kappa shape index (κ3) is 3.55. The zero-order valence-corrected chi connectivity index (χ0v) is 14.1. The number of fused-ring (bicyclic) bond motifs is 1. The van der Waals surface area contributed by atoms with Gasteiger partial charge in [0.15, 0.2) is 0 Å². The largest absolute Gasteiger partial charge is 0.439 e. The Bertz CT molecular complexity index is 928. The number of carbonyl (C=O) groups is 1. The van der Waals surface area contributed by atoms with Crippen LogP contribution in [-0.4, -0.2) is 22.4 Å². The number of benzene rings is 1. The van der Waals surface area contributed by atoms with Crippen LogP contribution in [0.1, 0.15) is 21.6 Å². The van der Waals surface area contributed by atoms with Gasteiger partial charge in [-0.2, -0.15) is 0 Å². The van der Waals surface area contributed by atoms with E-state index in [9.17, 15) is 4.79 Å². The average Bonchev–Trinajstić information content (AvgIpc) is 2.68. The number of rotatable bonds is 4. The van der Waals surface area contributed by atoms with Gasteiger partial charge in [-0.25, -0.2) is 4.98 Å². The molecule has 1 aliphatic heterocycles. The molecule has 0 fully saturated rings. The minimum atomic E-state index is -0.151. The first kappa shape index (κ1) is 16.2. The highest BCUT2D eigenvalue weighted by Gasteiger charge is 2.18. The lowest BCUT2D eigenvalue weighted by Crippen LogP contribution is -2.27. The number of amides is 1. The Labute approximate surface area is 151 Å². The summed E-state index contributed by atoms with van der Waals surface area (Å²) in [5, 5.41) is 6.23. The fourth-order valence-corrected chi connectivity index (χ4v) is 2.95. The van der Waals surface area contributed by atoms with E-state index < -0.39 is 0 Å². The van der Waals surface area contributed by atoms with E-state index in [1.807, 2.05) is 30.3 Å². The summed E-state index contributed by atoms with van der Waals surface area (Å²) in [6, 6.07) is 14.5. The molecule has 0 saturated heterocycles. The molecule has 0 atom stereocenters. The van der Waals surface area contributed by atoms with E-state index in [2.05, 4.69) is 20.6 Å². The Hall–Kier alpha value is -3.25. The van der Waals surface area contributed by atoms with Crippen LogP contribution in [-0.2, 0) is 13.0 Å². The van der Waals surface area contributed by atoms with Crippen molar-refractivity contribution in [2.75, 3.05) is 11.9 Å². The number of nitrogens with zero attached hydrogens (tertiary/aromatic N) is 2. The van der Waals surface area contributed by atoms with E-state index in [0.29, 0.717) is 29.4 Å². The van der Waals surface area contributed by atoms with Crippen molar-refractivity contribution >= 4 is 11.6 Å². The van der Waals surface area contributed by atoms with Crippen LogP contribution >= 0.6 is 0 Å². The minimum absolute atomic E-state index is 0.151. The summed E-state index contributed by atoms with van der Waals surface area (Å²) < 4.78 is 5.71. The van der Waals surface area contributed by atoms with Crippen molar-refractivity contribution in [2.45, 2.75) is 13.0 Å². The van der Waals surface area contributed by atoms with Gasteiger partial charge in [0.1, 0.15) is 5.75 Å². The zero-order valence-electron chi connectivity index (χ0n) is 14.1. The van der Waals surface area contributed by atoms with Gasteiger partial charge in [-0.15, -0.1) is 0 Å². The predicted octanol–water partition coefficient (Wildman–Crippen LogP) is 3.17. The van der Waals surface area contributed by atoms with Gasteiger partial charge < -0.3 is 15.4 Å². The van der Waals surface area contributed by atoms with Gasteiger partial charge in [-0.1, -0.05) is 12.1 Å². The Kier molecular flexibility index (Phi) is 4.57. The molecule has 6 heteroatoms. The summed E-state index contributed by atoms with van der Waals surface area (Å²) in [5.74, 6) is 0.965. The fourth-order valence-electron chi connectivity index (χ4n) is 2.95. The molecule has 130 valence electrons. The van der Waals surface area contributed by atoms with Crippen LogP contribution in [0.15, 0.2) is 60.9 Å². The summed E-state index contributed by atoms with van der Waals surface area (Å²) in [4.78, 5) is 21.3. The number of aromatic nitrogens is 2. The minimum Gasteiger partial charge on any atom is -0.439 e. The molecular formula is C20H18N4O2. The molecule has 1 amide bonds. The van der Waals surface area contributed by atoms with Crippen molar-refractivity contribution in [2.24, 2.45) is 0 Å². The Balaban J connectivity index is 1.53. The quantitative estimate of drug-likeness (QED) is 0.759. The van der Waals surface area contributed by atoms with E-state index in [0.717, 1.165) is 24.2 Å². The van der Waals surface area contributed by atoms with Crippen LogP contribution in [0.25, 0.3) is 0 Å². The molecule has 1 aromatic carbocycles. The molecule has 0 bridgehead atoms. The summed E-state index contributed by atoms with van der Waals surface area (Å²) >= 11 is 0. The first-order chi connectivity index (χ1) is 12.8. The molecule has 0 radical (unpaired) electrons. The van der Waals surface area contributed by atoms with Crippen molar-refractivity contribution in [1.29, 1.82) is 0 Å². The van der Waals surface area contributed by atoms with Crippen LogP contribution < -0.4 is 15.4 Å². The molecule has 3 aromatic rings. The Morgan fingerprint density at radius 3 is 2.92 bits per heavy atom. The van der Waals surface area contributed by atoms with E-state index in [1.165, 1.54) is 0 Å². The topological polar surface area (TPSA) is 76.1 Å². The maximum atomic E-state index is 12.7. The second kappa shape index (κ2) is 7.33. The van der Waals surface area contributed by atoms with Gasteiger partial charge in [0, 0.05) is 66.5 Å². The lowest BCUT2D eigenvalue weighted by molar-refractivity contribution is 0.102. The number of carbonyl (C=O) groups excluding carboxylic acids is 1. The van der Waals surface area contributed by atoms with Crippen LogP contribution in [0, 0.1) is 0 Å². The summed E-state index contributed by atoms with van der Waals surface area (Å²) in [6.45, 7) is 1.55. The van der Waals surface area contributed by atoms with E-state index in [4.69, 9.17) is 4.74 Å². The molecule has 1 aliphatic rings. The first-order valence-corrected chi connectivity index (χ1v) is 8.47. The third-order valence-electron chi connectivity index (χ3n) is 4.18. The first-order valence-electron chi connectivity index (χ1n) is 8.47. The lowest BCUT2D eigenvalue weighted by Gasteiger charge is -2.19. The van der Waals surface area contributed by atoms with Crippen LogP contribution in [0.4, 0.5) is 5.69 Å². The summed E-state index contributed by atoms with van der Waals surface area (Å²) in [5.41, 5.74) is 3.27. The zero-order chi connectivity index (χ0) is 17.8. The maximum Gasteiger partial charge on any atom is 0.256 e. The number of hydrogen-bond acceptors (Lipinski definition) is 5. The second-order valence-corrected chi connectivity index (χ2v) is 5.96. The molecule has 26 heavy (non-hydrogen) atoms. The van der Waals surface area contributed by atoms with Crippen molar-refractivity contribution in [3.8, 4) is 11.6 Å². The average molecular weight is 346 g/mol. The summed E-state index contributed by atoms with van der Waals surface area (Å²) in [6.07, 6.45) is 4.20.